The van der Waals surface area contributed by atoms with Crippen LogP contribution < -0.4 is 0 Å². The molecular formula is C3H8O3. The van der Waals surface area contributed by atoms with Crippen LogP contribution in [0.2, 0.25) is 0 Å². The lowest BCUT2D eigenvalue weighted by Gasteiger charge is -2.02. The number of aliphatic hydroxyl groups is 3. The summed E-state index contributed by atoms with van der Waals surface area (Å²) in [6, 6.07) is 0. The lowest BCUT2D eigenvalue weighted by Crippen LogP contribution is -2.20. The summed E-state index contributed by atoms with van der Waals surface area (Å²) in [5, 5.41) is 24.0. The van der Waals surface area contributed by atoms with Gasteiger partial charge in [-0.05, 0) is 6.92 Å². The molecule has 0 spiro atoms. The van der Waals surface area contributed by atoms with Gasteiger partial charge in [0.05, 0.1) is 0 Å². The van der Waals surface area contributed by atoms with Crippen molar-refractivity contribution in [2.45, 2.75) is 19.3 Å². The lowest BCUT2D eigenvalue weighted by molar-refractivity contribution is -0.114. The number of rotatable bonds is 1. The van der Waals surface area contributed by atoms with Crippen LogP contribution in [0.5, 0.6) is 0 Å². The number of hydrogen-bond acceptors (Lipinski definition) is 3. The van der Waals surface area contributed by atoms with Gasteiger partial charge in [0, 0.05) is 0 Å². The standard InChI is InChI=1S/C3H8O3/c1-2(4)3(5)6/h2-6H,1H3/t2-/m1/s1. The van der Waals surface area contributed by atoms with E-state index < -0.39 is 12.4 Å². The molecule has 0 aliphatic rings. The van der Waals surface area contributed by atoms with Crippen LogP contribution in [0.25, 0.3) is 0 Å². The third kappa shape index (κ3) is 2.14. The third-order valence-electron chi connectivity index (χ3n) is 0.431. The van der Waals surface area contributed by atoms with Crippen molar-refractivity contribution < 1.29 is 15.3 Å². The van der Waals surface area contributed by atoms with E-state index in [0.29, 0.717) is 0 Å². The Labute approximate surface area is 35.9 Å². The third-order valence-corrected chi connectivity index (χ3v) is 0.431. The molecule has 0 aromatic heterocycles. The summed E-state index contributed by atoms with van der Waals surface area (Å²) in [5.74, 6) is 0. The van der Waals surface area contributed by atoms with Crippen LogP contribution in [0.15, 0.2) is 0 Å². The van der Waals surface area contributed by atoms with Crippen LogP contribution in [-0.2, 0) is 0 Å². The van der Waals surface area contributed by atoms with Crippen molar-refractivity contribution >= 4 is 0 Å². The first kappa shape index (κ1) is 5.88. The maximum absolute atomic E-state index is 8.13. The zero-order chi connectivity index (χ0) is 5.15. The van der Waals surface area contributed by atoms with E-state index in [2.05, 4.69) is 0 Å². The van der Waals surface area contributed by atoms with E-state index in [9.17, 15) is 0 Å². The molecule has 0 amide bonds. The second-order valence-electron chi connectivity index (χ2n) is 1.15. The number of aliphatic hydroxyl groups excluding tert-OH is 2. The van der Waals surface area contributed by atoms with E-state index in [0.717, 1.165) is 0 Å². The Morgan fingerprint density at radius 3 is 1.33 bits per heavy atom. The lowest BCUT2D eigenvalue weighted by atomic mass is 10.4. The van der Waals surface area contributed by atoms with Gasteiger partial charge in [-0.2, -0.15) is 0 Å². The summed E-state index contributed by atoms with van der Waals surface area (Å²) in [6.45, 7) is 1.30. The quantitative estimate of drug-likeness (QED) is 0.351. The second kappa shape index (κ2) is 2.12. The van der Waals surface area contributed by atoms with E-state index in [1.807, 2.05) is 0 Å². The molecule has 0 aromatic rings. The smallest absolute Gasteiger partial charge is 0.177 e. The fourth-order valence-electron chi connectivity index (χ4n) is 0. The molecule has 3 N–H and O–H groups in total. The molecule has 0 aliphatic carbocycles. The molecule has 0 unspecified atom stereocenters. The van der Waals surface area contributed by atoms with Gasteiger partial charge < -0.3 is 15.3 Å². The topological polar surface area (TPSA) is 60.7 Å². The zero-order valence-electron chi connectivity index (χ0n) is 3.50. The highest BCUT2D eigenvalue weighted by atomic mass is 16.5. The molecule has 0 aliphatic heterocycles. The second-order valence-corrected chi connectivity index (χ2v) is 1.15. The Bertz CT molecular complexity index is 27.0. The molecule has 0 aromatic carbocycles. The molecule has 0 radical (unpaired) electrons. The number of hydrogen-bond donors (Lipinski definition) is 3. The first-order chi connectivity index (χ1) is 2.64. The van der Waals surface area contributed by atoms with E-state index in [-0.39, 0.29) is 0 Å². The van der Waals surface area contributed by atoms with Gasteiger partial charge >= 0.3 is 0 Å². The molecule has 3 nitrogen and oxygen atoms in total. The highest BCUT2D eigenvalue weighted by Gasteiger charge is 2.01. The summed E-state index contributed by atoms with van der Waals surface area (Å²) in [6.07, 6.45) is -2.63. The van der Waals surface area contributed by atoms with Crippen molar-refractivity contribution in [1.29, 1.82) is 0 Å². The molecule has 6 heavy (non-hydrogen) atoms. The Hall–Kier alpha value is -0.120. The summed E-state index contributed by atoms with van der Waals surface area (Å²) in [4.78, 5) is 0. The van der Waals surface area contributed by atoms with E-state index in [1.165, 1.54) is 6.92 Å². The predicted molar refractivity (Wildman–Crippen MR) is 19.9 cm³/mol. The summed E-state index contributed by atoms with van der Waals surface area (Å²) in [5.41, 5.74) is 0. The Kier molecular flexibility index (Phi) is 2.08. The van der Waals surface area contributed by atoms with E-state index in [1.54, 1.807) is 0 Å². The molecule has 0 saturated carbocycles. The van der Waals surface area contributed by atoms with Crippen LogP contribution in [-0.4, -0.2) is 27.7 Å². The molecule has 3 heteroatoms. The van der Waals surface area contributed by atoms with Gasteiger partial charge in [0.25, 0.3) is 0 Å². The van der Waals surface area contributed by atoms with Gasteiger partial charge in [-0.1, -0.05) is 0 Å². The van der Waals surface area contributed by atoms with Crippen molar-refractivity contribution in [3.05, 3.63) is 0 Å². The van der Waals surface area contributed by atoms with E-state index in [4.69, 9.17) is 15.3 Å². The van der Waals surface area contributed by atoms with Crippen LogP contribution >= 0.6 is 0 Å². The van der Waals surface area contributed by atoms with Gasteiger partial charge in [0.15, 0.2) is 6.29 Å². The van der Waals surface area contributed by atoms with Gasteiger partial charge in [0.1, 0.15) is 6.10 Å². The van der Waals surface area contributed by atoms with Crippen molar-refractivity contribution in [1.82, 2.24) is 0 Å². The summed E-state index contributed by atoms with van der Waals surface area (Å²) in [7, 11) is 0. The average molecular weight is 92.1 g/mol. The Morgan fingerprint density at radius 2 is 1.33 bits per heavy atom. The molecule has 0 fully saturated rings. The fraction of sp³-hybridized carbons (Fsp3) is 1.00. The van der Waals surface area contributed by atoms with Crippen molar-refractivity contribution in [3.63, 3.8) is 0 Å². The van der Waals surface area contributed by atoms with Gasteiger partial charge in [-0.3, -0.25) is 0 Å². The largest absolute Gasteiger partial charge is 0.388 e. The minimum atomic E-state index is -1.59. The maximum Gasteiger partial charge on any atom is 0.177 e. The maximum atomic E-state index is 8.13. The molecule has 0 saturated heterocycles. The highest BCUT2D eigenvalue weighted by Crippen LogP contribution is 1.81. The minimum absolute atomic E-state index is 1.04. The molecule has 38 valence electrons. The minimum Gasteiger partial charge on any atom is -0.388 e. The molecule has 0 rings (SSSR count). The van der Waals surface area contributed by atoms with Gasteiger partial charge in [0.2, 0.25) is 0 Å². The molecular weight excluding hydrogens is 84.0 g/mol. The summed E-state index contributed by atoms with van der Waals surface area (Å²) >= 11 is 0. The monoisotopic (exact) mass is 92.0 g/mol. The van der Waals surface area contributed by atoms with Crippen LogP contribution in [0.3, 0.4) is 0 Å². The summed E-state index contributed by atoms with van der Waals surface area (Å²) < 4.78 is 0. The Morgan fingerprint density at radius 1 is 1.17 bits per heavy atom. The van der Waals surface area contributed by atoms with Crippen LogP contribution in [0, 0.1) is 0 Å². The van der Waals surface area contributed by atoms with Crippen LogP contribution in [0.1, 0.15) is 6.92 Å². The first-order valence-corrected chi connectivity index (χ1v) is 1.69. The predicted octanol–water partition coefficient (Wildman–Crippen LogP) is -1.32. The normalized spacial score (nSPS) is 15.5. The van der Waals surface area contributed by atoms with Gasteiger partial charge in [-0.25, -0.2) is 0 Å². The van der Waals surface area contributed by atoms with Crippen molar-refractivity contribution in [3.8, 4) is 0 Å². The first-order valence-electron chi connectivity index (χ1n) is 1.69. The van der Waals surface area contributed by atoms with Crippen LogP contribution in [0.4, 0.5) is 0 Å². The Balaban J connectivity index is 2.99. The SMILES string of the molecule is C[C@@H](O)C(O)O. The molecule has 0 heterocycles. The average Bonchev–Trinajstić information content (AvgIpc) is 1.36. The molecule has 0 bridgehead atoms. The fourth-order valence-corrected chi connectivity index (χ4v) is 0. The van der Waals surface area contributed by atoms with Crippen molar-refractivity contribution in [2.24, 2.45) is 0 Å². The van der Waals surface area contributed by atoms with E-state index >= 15 is 0 Å². The zero-order valence-corrected chi connectivity index (χ0v) is 3.50. The highest BCUT2D eigenvalue weighted by molar-refractivity contribution is 4.42. The van der Waals surface area contributed by atoms with Crippen molar-refractivity contribution in [2.75, 3.05) is 0 Å². The van der Waals surface area contributed by atoms with Gasteiger partial charge in [-0.15, -0.1) is 0 Å². The molecule has 1 atom stereocenters.